The Morgan fingerprint density at radius 1 is 0.667 bits per heavy atom. The molecule has 0 rings (SSSR count). The van der Waals surface area contributed by atoms with Crippen molar-refractivity contribution in [3.05, 3.63) is 0 Å². The standard InChI is InChI=1S/Ni.5O. The van der Waals surface area contributed by atoms with E-state index in [0.717, 1.165) is 0 Å². The van der Waals surface area contributed by atoms with Gasteiger partial charge in [0.2, 0.25) is 0 Å². The molecule has 0 aliphatic heterocycles. The van der Waals surface area contributed by atoms with Crippen molar-refractivity contribution in [2.75, 3.05) is 0 Å². The Morgan fingerprint density at radius 2 is 0.667 bits per heavy atom. The molecule has 0 aromatic heterocycles. The van der Waals surface area contributed by atoms with Crippen LogP contribution >= 0.6 is 0 Å². The summed E-state index contributed by atoms with van der Waals surface area (Å²) in [5.41, 5.74) is 0. The molecule has 0 aromatic carbocycles. The van der Waals surface area contributed by atoms with Crippen LogP contribution in [-0.4, -0.2) is 0 Å². The molecule has 0 N–H and O–H groups in total. The van der Waals surface area contributed by atoms with Gasteiger partial charge in [-0.15, -0.1) is 0 Å². The Bertz CT molecular complexity index is 274. The zero-order valence-corrected chi connectivity index (χ0v) is 3.35. The summed E-state index contributed by atoms with van der Waals surface area (Å²) in [7, 11) is -7.18. The second kappa shape index (κ2) is 0.608. The third kappa shape index (κ3) is 84.7. The zero-order valence-electron chi connectivity index (χ0n) is 2.36. The van der Waals surface area contributed by atoms with Gasteiger partial charge in [-0.3, -0.25) is 0 Å². The van der Waals surface area contributed by atoms with Crippen LogP contribution in [0.15, 0.2) is 0 Å². The first-order valence-corrected chi connectivity index (χ1v) is 2.66. The van der Waals surface area contributed by atoms with Gasteiger partial charge in [0, 0.05) is 0 Å². The van der Waals surface area contributed by atoms with Crippen molar-refractivity contribution >= 4 is 0 Å². The van der Waals surface area contributed by atoms with Crippen LogP contribution in [0.3, 0.4) is 0 Å². The Kier molecular flexibility index (Phi) is 0.557. The molecule has 0 unspecified atom stereocenters. The first kappa shape index (κ1) is 5.49. The average molecular weight is 139 g/mol. The quantitative estimate of drug-likeness (QED) is 0.418. The molecule has 0 atom stereocenters. The van der Waals surface area contributed by atoms with Gasteiger partial charge in [-0.25, -0.2) is 0 Å². The van der Waals surface area contributed by atoms with Gasteiger partial charge < -0.3 is 0 Å². The van der Waals surface area contributed by atoms with E-state index in [-0.39, 0.29) is 0 Å². The molecule has 0 spiro atoms. The van der Waals surface area contributed by atoms with Gasteiger partial charge >= 0.3 is 30.5 Å². The first-order chi connectivity index (χ1) is 2.24. The van der Waals surface area contributed by atoms with Gasteiger partial charge in [-0.1, -0.05) is 0 Å². The molecule has 0 aliphatic carbocycles. The van der Waals surface area contributed by atoms with Crippen LogP contribution in [0, 0.1) is 0 Å². The molecule has 0 fully saturated rings. The van der Waals surface area contributed by atoms with Gasteiger partial charge in [0.25, 0.3) is 0 Å². The predicted molar refractivity (Wildman–Crippen MR) is 3.43 cm³/mol. The summed E-state index contributed by atoms with van der Waals surface area (Å²) in [4.78, 5) is 0. The summed E-state index contributed by atoms with van der Waals surface area (Å²) in [5, 5.41) is 0. The van der Waals surface area contributed by atoms with E-state index < -0.39 is 11.0 Å². The van der Waals surface area contributed by atoms with Crippen LogP contribution in [0.5, 0.6) is 0 Å². The molecule has 6 heteroatoms. The van der Waals surface area contributed by atoms with Crippen LogP contribution in [0.25, 0.3) is 0 Å². The summed E-state index contributed by atoms with van der Waals surface area (Å²) in [6.45, 7) is 0. The van der Waals surface area contributed by atoms with Crippen LogP contribution in [0.2, 0.25) is 0 Å². The van der Waals surface area contributed by atoms with E-state index in [1.54, 1.807) is 0 Å². The van der Waals surface area contributed by atoms with Gasteiger partial charge in [0.15, 0.2) is 0 Å². The molecule has 6 heavy (non-hydrogen) atoms. The molecule has 0 bridgehead atoms. The molecule has 0 radical (unpaired) electrons. The normalized spacial score (nSPS) is 18.3. The van der Waals surface area contributed by atoms with Crippen LogP contribution in [0.4, 0.5) is 0 Å². The van der Waals surface area contributed by atoms with Gasteiger partial charge in [0.05, 0.1) is 0 Å². The number of hydrogen-bond acceptors (Lipinski definition) is 5. The van der Waals surface area contributed by atoms with Crippen LogP contribution in [-0.2, 0) is 30.5 Å². The van der Waals surface area contributed by atoms with E-state index in [9.17, 15) is 0 Å². The van der Waals surface area contributed by atoms with E-state index in [4.69, 9.17) is 19.5 Å². The third-order valence-corrected chi connectivity index (χ3v) is 0. The van der Waals surface area contributed by atoms with Gasteiger partial charge in [-0.05, 0) is 0 Å². The van der Waals surface area contributed by atoms with Crippen molar-refractivity contribution in [3.63, 3.8) is 0 Å². The van der Waals surface area contributed by atoms with E-state index in [0.29, 0.717) is 0 Å². The zero-order chi connectivity index (χ0) is 5.45. The fourth-order valence-corrected chi connectivity index (χ4v) is 0. The molecular formula is NiO5. The molecule has 40 valence electrons. The fourth-order valence-electron chi connectivity index (χ4n) is 0. The molecule has 0 amide bonds. The monoisotopic (exact) mass is 138 g/mol. The van der Waals surface area contributed by atoms with Gasteiger partial charge in [0.1, 0.15) is 0 Å². The summed E-state index contributed by atoms with van der Waals surface area (Å²) >= 11 is 0. The molecule has 0 saturated heterocycles. The third-order valence-electron chi connectivity index (χ3n) is 0. The summed E-state index contributed by atoms with van der Waals surface area (Å²) in [6.07, 6.45) is 0. The fraction of sp³-hybridized carbons (Fsp3) is 0. The second-order valence-electron chi connectivity index (χ2n) is 0.527. The Balaban J connectivity index is 7.45. The van der Waals surface area contributed by atoms with Crippen molar-refractivity contribution < 1.29 is 30.5 Å². The second-order valence-corrected chi connectivity index (χ2v) is 2.17. The van der Waals surface area contributed by atoms with E-state index in [1.165, 1.54) is 0 Å². The SMILES string of the molecule is [O]=[Ni](=[O])(=[O])(=[O])=[O]. The molecule has 0 saturated carbocycles. The summed E-state index contributed by atoms with van der Waals surface area (Å²) in [6, 6.07) is 0. The molecule has 0 aliphatic rings. The molecule has 0 heterocycles. The van der Waals surface area contributed by atoms with E-state index in [1.807, 2.05) is 0 Å². The molecular weight excluding hydrogens is 139 g/mol. The number of rotatable bonds is 0. The number of hydrogen-bond donors (Lipinski definition) is 0. The van der Waals surface area contributed by atoms with E-state index >= 15 is 0 Å². The predicted octanol–water partition coefficient (Wildman–Crippen LogP) is -0.597. The Morgan fingerprint density at radius 3 is 0.667 bits per heavy atom. The topological polar surface area (TPSA) is 85.3 Å². The van der Waals surface area contributed by atoms with Crippen molar-refractivity contribution in [2.24, 2.45) is 0 Å². The minimum atomic E-state index is -7.18. The minimum absolute atomic E-state index is 7.18. The summed E-state index contributed by atoms with van der Waals surface area (Å²) in [5.74, 6) is 0. The Labute approximate surface area is 31.4 Å². The van der Waals surface area contributed by atoms with Gasteiger partial charge in [-0.2, -0.15) is 0 Å². The summed E-state index contributed by atoms with van der Waals surface area (Å²) < 4.78 is 42.9. The molecule has 5 nitrogen and oxygen atoms in total. The van der Waals surface area contributed by atoms with Crippen molar-refractivity contribution in [1.29, 1.82) is 0 Å². The maximum atomic E-state index is 8.57. The first-order valence-electron chi connectivity index (χ1n) is 0.645. The van der Waals surface area contributed by atoms with Crippen LogP contribution in [0.1, 0.15) is 0 Å². The average Bonchev–Trinajstić information content (AvgIpc) is 0.650. The van der Waals surface area contributed by atoms with Crippen LogP contribution < -0.4 is 0 Å². The Hall–Kier alpha value is -0.506. The molecule has 0 aromatic rings. The van der Waals surface area contributed by atoms with Crippen molar-refractivity contribution in [3.8, 4) is 0 Å². The van der Waals surface area contributed by atoms with Crippen molar-refractivity contribution in [2.45, 2.75) is 0 Å². The maximum absolute atomic E-state index is 8.57. The van der Waals surface area contributed by atoms with E-state index in [2.05, 4.69) is 0 Å². The van der Waals surface area contributed by atoms with Crippen molar-refractivity contribution in [1.82, 2.24) is 0 Å².